The SMILES string of the molecule is Cc1ccc(Cc2ccccn2)cc1NC(=O)NCC1CCOCC1. The molecule has 2 N–H and O–H groups in total. The van der Waals surface area contributed by atoms with Gasteiger partial charge in [0.1, 0.15) is 0 Å². The molecule has 0 aliphatic carbocycles. The van der Waals surface area contributed by atoms with E-state index < -0.39 is 0 Å². The standard InChI is InChI=1S/C20H25N3O2/c1-15-5-6-17(12-18-4-2-3-9-21-18)13-19(15)23-20(24)22-14-16-7-10-25-11-8-16/h2-6,9,13,16H,7-8,10-12,14H2,1H3,(H2,22,23,24). The molecular formula is C20H25N3O2. The molecule has 0 atom stereocenters. The van der Waals surface area contributed by atoms with Crippen LogP contribution in [0.5, 0.6) is 0 Å². The van der Waals surface area contributed by atoms with Crippen molar-refractivity contribution in [2.45, 2.75) is 26.2 Å². The van der Waals surface area contributed by atoms with Crippen LogP contribution in [-0.4, -0.2) is 30.8 Å². The van der Waals surface area contributed by atoms with Crippen molar-refractivity contribution in [1.82, 2.24) is 10.3 Å². The highest BCUT2D eigenvalue weighted by Crippen LogP contribution is 2.19. The Balaban J connectivity index is 1.57. The monoisotopic (exact) mass is 339 g/mol. The van der Waals surface area contributed by atoms with Gasteiger partial charge in [-0.2, -0.15) is 0 Å². The molecule has 1 fully saturated rings. The largest absolute Gasteiger partial charge is 0.381 e. The number of rotatable bonds is 5. The lowest BCUT2D eigenvalue weighted by molar-refractivity contribution is 0.0671. The fourth-order valence-electron chi connectivity index (χ4n) is 2.98. The van der Waals surface area contributed by atoms with Gasteiger partial charge in [-0.1, -0.05) is 18.2 Å². The first-order valence-corrected chi connectivity index (χ1v) is 8.83. The van der Waals surface area contributed by atoms with Crippen LogP contribution in [0.4, 0.5) is 10.5 Å². The second kappa shape index (κ2) is 8.62. The number of anilines is 1. The fraction of sp³-hybridized carbons (Fsp3) is 0.400. The summed E-state index contributed by atoms with van der Waals surface area (Å²) in [4.78, 5) is 16.6. The van der Waals surface area contributed by atoms with Gasteiger partial charge >= 0.3 is 6.03 Å². The van der Waals surface area contributed by atoms with Gasteiger partial charge in [-0.15, -0.1) is 0 Å². The smallest absolute Gasteiger partial charge is 0.319 e. The number of pyridine rings is 1. The van der Waals surface area contributed by atoms with E-state index in [4.69, 9.17) is 4.74 Å². The Labute approximate surface area is 148 Å². The summed E-state index contributed by atoms with van der Waals surface area (Å²) in [5.74, 6) is 0.510. The van der Waals surface area contributed by atoms with Gasteiger partial charge < -0.3 is 15.4 Å². The Morgan fingerprint density at radius 3 is 2.84 bits per heavy atom. The van der Waals surface area contributed by atoms with Crippen molar-refractivity contribution in [3.8, 4) is 0 Å². The maximum atomic E-state index is 12.2. The molecule has 2 amide bonds. The number of benzene rings is 1. The summed E-state index contributed by atoms with van der Waals surface area (Å²) >= 11 is 0. The number of hydrogen-bond donors (Lipinski definition) is 2. The molecule has 0 spiro atoms. The molecule has 3 rings (SSSR count). The van der Waals surface area contributed by atoms with E-state index in [9.17, 15) is 4.79 Å². The minimum atomic E-state index is -0.149. The Hall–Kier alpha value is -2.40. The molecule has 1 aliphatic rings. The Morgan fingerprint density at radius 1 is 1.24 bits per heavy atom. The molecule has 5 heteroatoms. The van der Waals surface area contributed by atoms with Crippen LogP contribution in [0.2, 0.25) is 0 Å². The van der Waals surface area contributed by atoms with Crippen LogP contribution in [0.3, 0.4) is 0 Å². The number of nitrogens with zero attached hydrogens (tertiary/aromatic N) is 1. The minimum absolute atomic E-state index is 0.149. The Morgan fingerprint density at radius 2 is 2.08 bits per heavy atom. The zero-order valence-corrected chi connectivity index (χ0v) is 14.6. The van der Waals surface area contributed by atoms with Crippen molar-refractivity contribution in [3.63, 3.8) is 0 Å². The fourth-order valence-corrected chi connectivity index (χ4v) is 2.98. The second-order valence-corrected chi connectivity index (χ2v) is 6.54. The first kappa shape index (κ1) is 17.4. The highest BCUT2D eigenvalue weighted by atomic mass is 16.5. The highest BCUT2D eigenvalue weighted by Gasteiger charge is 2.15. The van der Waals surface area contributed by atoms with E-state index >= 15 is 0 Å². The molecule has 25 heavy (non-hydrogen) atoms. The predicted octanol–water partition coefficient (Wildman–Crippen LogP) is 3.53. The van der Waals surface area contributed by atoms with E-state index in [-0.39, 0.29) is 6.03 Å². The number of urea groups is 1. The average Bonchev–Trinajstić information content (AvgIpc) is 2.64. The first-order chi connectivity index (χ1) is 12.2. The van der Waals surface area contributed by atoms with E-state index in [2.05, 4.69) is 21.7 Å². The number of nitrogens with one attached hydrogen (secondary N) is 2. The number of carbonyl (C=O) groups is 1. The van der Waals surface area contributed by atoms with Crippen LogP contribution in [0, 0.1) is 12.8 Å². The third-order valence-corrected chi connectivity index (χ3v) is 4.55. The van der Waals surface area contributed by atoms with Gasteiger partial charge in [0, 0.05) is 43.8 Å². The first-order valence-electron chi connectivity index (χ1n) is 8.83. The molecule has 1 aromatic heterocycles. The topological polar surface area (TPSA) is 63.2 Å². The van der Waals surface area contributed by atoms with Crippen LogP contribution >= 0.6 is 0 Å². The molecule has 132 valence electrons. The van der Waals surface area contributed by atoms with Crippen molar-refractivity contribution in [1.29, 1.82) is 0 Å². The van der Waals surface area contributed by atoms with Gasteiger partial charge in [-0.05, 0) is 55.0 Å². The van der Waals surface area contributed by atoms with Crippen molar-refractivity contribution in [3.05, 3.63) is 59.4 Å². The summed E-state index contributed by atoms with van der Waals surface area (Å²) in [6, 6.07) is 11.9. The molecule has 0 unspecified atom stereocenters. The second-order valence-electron chi connectivity index (χ2n) is 6.54. The third kappa shape index (κ3) is 5.29. The lowest BCUT2D eigenvalue weighted by Gasteiger charge is -2.22. The molecule has 0 radical (unpaired) electrons. The number of aryl methyl sites for hydroxylation is 1. The molecule has 5 nitrogen and oxygen atoms in total. The quantitative estimate of drug-likeness (QED) is 0.876. The zero-order chi connectivity index (χ0) is 17.5. The maximum Gasteiger partial charge on any atom is 0.319 e. The van der Waals surface area contributed by atoms with E-state index in [1.807, 2.05) is 37.3 Å². The maximum absolute atomic E-state index is 12.2. The van der Waals surface area contributed by atoms with E-state index in [1.54, 1.807) is 6.20 Å². The molecule has 1 saturated heterocycles. The van der Waals surface area contributed by atoms with Crippen LogP contribution < -0.4 is 10.6 Å². The normalized spacial score (nSPS) is 14.9. The summed E-state index contributed by atoms with van der Waals surface area (Å²) < 4.78 is 5.35. The number of carbonyl (C=O) groups excluding carboxylic acids is 1. The zero-order valence-electron chi connectivity index (χ0n) is 14.6. The lowest BCUT2D eigenvalue weighted by atomic mass is 10.0. The van der Waals surface area contributed by atoms with Crippen molar-refractivity contribution >= 4 is 11.7 Å². The molecule has 1 aliphatic heterocycles. The number of aromatic nitrogens is 1. The van der Waals surface area contributed by atoms with Gasteiger partial charge in [0.15, 0.2) is 0 Å². The molecule has 2 aromatic rings. The van der Waals surface area contributed by atoms with Gasteiger partial charge in [-0.25, -0.2) is 4.79 Å². The van der Waals surface area contributed by atoms with Crippen LogP contribution in [0.25, 0.3) is 0 Å². The van der Waals surface area contributed by atoms with Gasteiger partial charge in [-0.3, -0.25) is 4.98 Å². The number of amides is 2. The summed E-state index contributed by atoms with van der Waals surface area (Å²) in [7, 11) is 0. The minimum Gasteiger partial charge on any atom is -0.381 e. The highest BCUT2D eigenvalue weighted by molar-refractivity contribution is 5.90. The van der Waals surface area contributed by atoms with Crippen molar-refractivity contribution < 1.29 is 9.53 Å². The Kier molecular flexibility index (Phi) is 6.01. The summed E-state index contributed by atoms with van der Waals surface area (Å²) in [5, 5.41) is 5.95. The van der Waals surface area contributed by atoms with Crippen LogP contribution in [-0.2, 0) is 11.2 Å². The van der Waals surface area contributed by atoms with Gasteiger partial charge in [0.25, 0.3) is 0 Å². The van der Waals surface area contributed by atoms with E-state index in [0.29, 0.717) is 12.5 Å². The molecule has 1 aromatic carbocycles. The molecule has 0 saturated carbocycles. The van der Waals surface area contributed by atoms with E-state index in [0.717, 1.165) is 55.0 Å². The van der Waals surface area contributed by atoms with Crippen LogP contribution in [0.15, 0.2) is 42.6 Å². The lowest BCUT2D eigenvalue weighted by Crippen LogP contribution is -2.35. The third-order valence-electron chi connectivity index (χ3n) is 4.55. The summed E-state index contributed by atoms with van der Waals surface area (Å²) in [5.41, 5.74) is 4.04. The van der Waals surface area contributed by atoms with Gasteiger partial charge in [0.05, 0.1) is 0 Å². The average molecular weight is 339 g/mol. The molecule has 2 heterocycles. The number of ether oxygens (including phenoxy) is 1. The van der Waals surface area contributed by atoms with Gasteiger partial charge in [0.2, 0.25) is 0 Å². The van der Waals surface area contributed by atoms with E-state index in [1.165, 1.54) is 0 Å². The molecular weight excluding hydrogens is 314 g/mol. The molecule has 0 bridgehead atoms. The summed E-state index contributed by atoms with van der Waals surface area (Å²) in [6.07, 6.45) is 4.57. The number of hydrogen-bond acceptors (Lipinski definition) is 3. The predicted molar refractivity (Wildman–Crippen MR) is 98.8 cm³/mol. The van der Waals surface area contributed by atoms with Crippen molar-refractivity contribution in [2.24, 2.45) is 5.92 Å². The van der Waals surface area contributed by atoms with Crippen LogP contribution in [0.1, 0.15) is 29.7 Å². The summed E-state index contributed by atoms with van der Waals surface area (Å²) in [6.45, 7) is 4.28. The Bertz CT molecular complexity index is 697. The van der Waals surface area contributed by atoms with Crippen molar-refractivity contribution in [2.75, 3.05) is 25.1 Å².